The molecule has 0 aliphatic rings. The van der Waals surface area contributed by atoms with Crippen molar-refractivity contribution in [3.05, 3.63) is 36.0 Å². The van der Waals surface area contributed by atoms with Gasteiger partial charge in [-0.25, -0.2) is 0 Å². The molecule has 0 radical (unpaired) electrons. The Balaban J connectivity index is 0. The molecule has 0 aromatic rings. The van der Waals surface area contributed by atoms with Crippen LogP contribution in [0.2, 0.25) is 0 Å². The molecule has 0 heterocycles. The highest BCUT2D eigenvalue weighted by Gasteiger charge is 1.95. The molecule has 0 aromatic carbocycles. The van der Waals surface area contributed by atoms with Gasteiger partial charge in [-0.05, 0) is 25.0 Å². The molecule has 0 rings (SSSR count). The van der Waals surface area contributed by atoms with E-state index in [0.29, 0.717) is 6.54 Å². The van der Waals surface area contributed by atoms with Crippen LogP contribution >= 0.6 is 0 Å². The second kappa shape index (κ2) is 8.28. The number of nitrogens with two attached hydrogens (primary N) is 1. The zero-order valence-corrected chi connectivity index (χ0v) is 8.78. The summed E-state index contributed by atoms with van der Waals surface area (Å²) in [6.07, 6.45) is 1.78. The van der Waals surface area contributed by atoms with Gasteiger partial charge in [0.15, 0.2) is 0 Å². The number of hydrogen-bond donors (Lipinski definition) is 1. The van der Waals surface area contributed by atoms with E-state index in [2.05, 4.69) is 13.2 Å². The van der Waals surface area contributed by atoms with Gasteiger partial charge < -0.3 is 5.73 Å². The summed E-state index contributed by atoms with van der Waals surface area (Å²) in [7, 11) is 0. The first-order valence-corrected chi connectivity index (χ1v) is 4.31. The lowest BCUT2D eigenvalue weighted by Crippen LogP contribution is -2.03. The molecular formula is C11H21N. The molecule has 0 saturated heterocycles. The van der Waals surface area contributed by atoms with Crippen molar-refractivity contribution in [2.45, 2.75) is 27.7 Å². The number of allylic oxidation sites excluding steroid dienone is 2. The first-order chi connectivity index (χ1) is 5.63. The normalized spacial score (nSPS) is 10.8. The fourth-order valence-electron chi connectivity index (χ4n) is 0.664. The molecule has 0 bridgehead atoms. The van der Waals surface area contributed by atoms with Gasteiger partial charge in [-0.1, -0.05) is 38.7 Å². The van der Waals surface area contributed by atoms with E-state index in [1.54, 1.807) is 6.08 Å². The quantitative estimate of drug-likeness (QED) is 0.642. The van der Waals surface area contributed by atoms with E-state index in [1.807, 2.05) is 27.7 Å². The molecule has 0 aliphatic heterocycles. The van der Waals surface area contributed by atoms with Crippen LogP contribution < -0.4 is 5.73 Å². The van der Waals surface area contributed by atoms with Crippen LogP contribution in [0, 0.1) is 0 Å². The van der Waals surface area contributed by atoms with E-state index >= 15 is 0 Å². The Morgan fingerprint density at radius 1 is 1.33 bits per heavy atom. The molecule has 1 heteroatoms. The standard InChI is InChI=1S/C9H15N.C2H6/c1-5-9(6-10)8(4)7(2)3;1-2/h5H,1-2,6,10H2,3-4H3;1-2H3/b9-8+;. The van der Waals surface area contributed by atoms with Crippen molar-refractivity contribution in [3.8, 4) is 0 Å². The molecule has 0 atom stereocenters. The van der Waals surface area contributed by atoms with E-state index < -0.39 is 0 Å². The topological polar surface area (TPSA) is 26.0 Å². The summed E-state index contributed by atoms with van der Waals surface area (Å²) in [5.41, 5.74) is 8.73. The third-order valence-corrected chi connectivity index (χ3v) is 1.59. The van der Waals surface area contributed by atoms with Crippen molar-refractivity contribution in [1.29, 1.82) is 0 Å². The second-order valence-electron chi connectivity index (χ2n) is 2.34. The molecule has 12 heavy (non-hydrogen) atoms. The highest BCUT2D eigenvalue weighted by molar-refractivity contribution is 5.35. The minimum Gasteiger partial charge on any atom is -0.326 e. The summed E-state index contributed by atoms with van der Waals surface area (Å²) in [5, 5.41) is 0. The molecule has 70 valence electrons. The first kappa shape index (κ1) is 13.7. The van der Waals surface area contributed by atoms with E-state index in [1.165, 1.54) is 0 Å². The summed E-state index contributed by atoms with van der Waals surface area (Å²) in [4.78, 5) is 0. The Bertz CT molecular complexity index is 175. The number of rotatable bonds is 3. The summed E-state index contributed by atoms with van der Waals surface area (Å²) in [5.74, 6) is 0. The van der Waals surface area contributed by atoms with Crippen LogP contribution in [0.4, 0.5) is 0 Å². The van der Waals surface area contributed by atoms with E-state index in [9.17, 15) is 0 Å². The van der Waals surface area contributed by atoms with E-state index in [-0.39, 0.29) is 0 Å². The van der Waals surface area contributed by atoms with Crippen molar-refractivity contribution < 1.29 is 0 Å². The predicted octanol–water partition coefficient (Wildman–Crippen LogP) is 3.05. The lowest BCUT2D eigenvalue weighted by molar-refractivity contribution is 1.14. The van der Waals surface area contributed by atoms with Crippen molar-refractivity contribution in [3.63, 3.8) is 0 Å². The van der Waals surface area contributed by atoms with Gasteiger partial charge in [-0.15, -0.1) is 0 Å². The van der Waals surface area contributed by atoms with Gasteiger partial charge in [0, 0.05) is 6.54 Å². The molecule has 1 nitrogen and oxygen atoms in total. The second-order valence-corrected chi connectivity index (χ2v) is 2.34. The van der Waals surface area contributed by atoms with Crippen molar-refractivity contribution in [1.82, 2.24) is 0 Å². The molecule has 0 spiro atoms. The van der Waals surface area contributed by atoms with Gasteiger partial charge in [0.1, 0.15) is 0 Å². The lowest BCUT2D eigenvalue weighted by atomic mass is 10.0. The maximum Gasteiger partial charge on any atom is 0.0180 e. The molecule has 0 amide bonds. The Labute approximate surface area is 76.7 Å². The minimum absolute atomic E-state index is 0.544. The molecule has 0 unspecified atom stereocenters. The molecular weight excluding hydrogens is 146 g/mol. The Morgan fingerprint density at radius 3 is 1.83 bits per heavy atom. The van der Waals surface area contributed by atoms with Gasteiger partial charge in [0.25, 0.3) is 0 Å². The average molecular weight is 167 g/mol. The molecule has 0 aliphatic carbocycles. The highest BCUT2D eigenvalue weighted by atomic mass is 14.5. The van der Waals surface area contributed by atoms with Gasteiger partial charge in [-0.2, -0.15) is 0 Å². The van der Waals surface area contributed by atoms with Crippen molar-refractivity contribution in [2.24, 2.45) is 5.73 Å². The van der Waals surface area contributed by atoms with Crippen molar-refractivity contribution in [2.75, 3.05) is 6.54 Å². The summed E-state index contributed by atoms with van der Waals surface area (Å²) >= 11 is 0. The third-order valence-electron chi connectivity index (χ3n) is 1.59. The van der Waals surface area contributed by atoms with Gasteiger partial charge in [0.2, 0.25) is 0 Å². The summed E-state index contributed by atoms with van der Waals surface area (Å²) in [6.45, 7) is 16.0. The Morgan fingerprint density at radius 2 is 1.75 bits per heavy atom. The summed E-state index contributed by atoms with van der Waals surface area (Å²) in [6, 6.07) is 0. The zero-order chi connectivity index (χ0) is 10.1. The van der Waals surface area contributed by atoms with E-state index in [4.69, 9.17) is 5.73 Å². The minimum atomic E-state index is 0.544. The van der Waals surface area contributed by atoms with Crippen LogP contribution in [0.15, 0.2) is 36.0 Å². The largest absolute Gasteiger partial charge is 0.326 e. The zero-order valence-electron chi connectivity index (χ0n) is 8.78. The average Bonchev–Trinajstić information content (AvgIpc) is 2.10. The van der Waals surface area contributed by atoms with Crippen LogP contribution in [-0.4, -0.2) is 6.54 Å². The van der Waals surface area contributed by atoms with Gasteiger partial charge >= 0.3 is 0 Å². The predicted molar refractivity (Wildman–Crippen MR) is 58.1 cm³/mol. The maximum atomic E-state index is 5.45. The van der Waals surface area contributed by atoms with Crippen LogP contribution in [0.3, 0.4) is 0 Å². The van der Waals surface area contributed by atoms with Crippen LogP contribution in [0.25, 0.3) is 0 Å². The molecule has 0 aromatic heterocycles. The van der Waals surface area contributed by atoms with Crippen molar-refractivity contribution >= 4 is 0 Å². The lowest BCUT2D eigenvalue weighted by Gasteiger charge is -2.04. The monoisotopic (exact) mass is 167 g/mol. The van der Waals surface area contributed by atoms with Gasteiger partial charge in [0.05, 0.1) is 0 Å². The summed E-state index contributed by atoms with van der Waals surface area (Å²) < 4.78 is 0. The highest BCUT2D eigenvalue weighted by Crippen LogP contribution is 2.11. The Kier molecular flexibility index (Phi) is 9.48. The van der Waals surface area contributed by atoms with Gasteiger partial charge in [-0.3, -0.25) is 0 Å². The Hall–Kier alpha value is -0.820. The first-order valence-electron chi connectivity index (χ1n) is 4.31. The van der Waals surface area contributed by atoms with Crippen LogP contribution in [0.1, 0.15) is 27.7 Å². The maximum absolute atomic E-state index is 5.45. The molecule has 0 fully saturated rings. The van der Waals surface area contributed by atoms with Crippen LogP contribution in [-0.2, 0) is 0 Å². The SMILES string of the molecule is C=C/C(CN)=C(/C)C(=C)C.CC. The molecule has 0 saturated carbocycles. The third kappa shape index (κ3) is 4.91. The molecule has 2 N–H and O–H groups in total. The fourth-order valence-corrected chi connectivity index (χ4v) is 0.664. The number of hydrogen-bond acceptors (Lipinski definition) is 1. The van der Waals surface area contributed by atoms with Crippen LogP contribution in [0.5, 0.6) is 0 Å². The smallest absolute Gasteiger partial charge is 0.0180 e. The van der Waals surface area contributed by atoms with E-state index in [0.717, 1.165) is 16.7 Å². The fraction of sp³-hybridized carbons (Fsp3) is 0.455.